The SMILES string of the molecule is CC(=N)c1ccc(C=O)c(F)c1. The molecule has 62 valence electrons. The third-order valence-corrected chi connectivity index (χ3v) is 1.56. The quantitative estimate of drug-likeness (QED) is 0.528. The van der Waals surface area contributed by atoms with Gasteiger partial charge in [-0.1, -0.05) is 6.07 Å². The van der Waals surface area contributed by atoms with E-state index in [2.05, 4.69) is 0 Å². The highest BCUT2D eigenvalue weighted by atomic mass is 19.1. The summed E-state index contributed by atoms with van der Waals surface area (Å²) in [6, 6.07) is 4.11. The molecule has 0 aliphatic heterocycles. The number of carbonyl (C=O) groups excluding carboxylic acids is 1. The van der Waals surface area contributed by atoms with Crippen molar-refractivity contribution in [3.63, 3.8) is 0 Å². The van der Waals surface area contributed by atoms with Gasteiger partial charge in [-0.25, -0.2) is 4.39 Å². The molecule has 0 fully saturated rings. The summed E-state index contributed by atoms with van der Waals surface area (Å²) in [5.74, 6) is -0.575. The minimum atomic E-state index is -0.575. The van der Waals surface area contributed by atoms with E-state index in [0.29, 0.717) is 11.8 Å². The zero-order valence-corrected chi connectivity index (χ0v) is 6.60. The van der Waals surface area contributed by atoms with Gasteiger partial charge in [0.05, 0.1) is 5.56 Å². The Balaban J connectivity index is 3.18. The Kier molecular flexibility index (Phi) is 2.33. The molecule has 0 amide bonds. The lowest BCUT2D eigenvalue weighted by Crippen LogP contribution is -1.95. The van der Waals surface area contributed by atoms with Crippen LogP contribution in [0.1, 0.15) is 22.8 Å². The third kappa shape index (κ3) is 1.56. The fraction of sp³-hybridized carbons (Fsp3) is 0.111. The van der Waals surface area contributed by atoms with Crippen molar-refractivity contribution >= 4 is 12.0 Å². The molecule has 0 heterocycles. The molecule has 3 heteroatoms. The summed E-state index contributed by atoms with van der Waals surface area (Å²) < 4.78 is 12.9. The molecule has 0 atom stereocenters. The fourth-order valence-electron chi connectivity index (χ4n) is 0.856. The Morgan fingerprint density at radius 1 is 1.58 bits per heavy atom. The number of benzene rings is 1. The van der Waals surface area contributed by atoms with Gasteiger partial charge < -0.3 is 5.41 Å². The lowest BCUT2D eigenvalue weighted by molar-refractivity contribution is 0.112. The van der Waals surface area contributed by atoms with E-state index in [1.165, 1.54) is 12.1 Å². The van der Waals surface area contributed by atoms with Crippen LogP contribution in [0, 0.1) is 11.2 Å². The molecule has 2 nitrogen and oxygen atoms in total. The molecule has 12 heavy (non-hydrogen) atoms. The van der Waals surface area contributed by atoms with Crippen molar-refractivity contribution in [2.24, 2.45) is 0 Å². The smallest absolute Gasteiger partial charge is 0.152 e. The van der Waals surface area contributed by atoms with Crippen LogP contribution < -0.4 is 0 Å². The fourth-order valence-corrected chi connectivity index (χ4v) is 0.856. The van der Waals surface area contributed by atoms with E-state index in [-0.39, 0.29) is 11.3 Å². The van der Waals surface area contributed by atoms with E-state index in [9.17, 15) is 9.18 Å². The first-order valence-electron chi connectivity index (χ1n) is 3.45. The van der Waals surface area contributed by atoms with Gasteiger partial charge in [0.15, 0.2) is 6.29 Å². The van der Waals surface area contributed by atoms with Gasteiger partial charge in [-0.05, 0) is 24.6 Å². The monoisotopic (exact) mass is 165 g/mol. The van der Waals surface area contributed by atoms with E-state index in [1.807, 2.05) is 0 Å². The molecule has 1 rings (SSSR count). The minimum Gasteiger partial charge on any atom is -0.305 e. The number of aldehydes is 1. The standard InChI is InChI=1S/C9H8FNO/c1-6(11)7-2-3-8(5-12)9(10)4-7/h2-5,11H,1H3. The zero-order valence-electron chi connectivity index (χ0n) is 6.60. The molecule has 1 N–H and O–H groups in total. The second-order valence-corrected chi connectivity index (χ2v) is 2.48. The van der Waals surface area contributed by atoms with Gasteiger partial charge in [-0.2, -0.15) is 0 Å². The first-order valence-corrected chi connectivity index (χ1v) is 3.45. The molecule has 1 aromatic carbocycles. The summed E-state index contributed by atoms with van der Waals surface area (Å²) in [5, 5.41) is 7.20. The lowest BCUT2D eigenvalue weighted by atomic mass is 10.1. The topological polar surface area (TPSA) is 40.9 Å². The number of hydrogen-bond donors (Lipinski definition) is 1. The zero-order chi connectivity index (χ0) is 9.14. The summed E-state index contributed by atoms with van der Waals surface area (Å²) in [4.78, 5) is 10.2. The molecule has 0 radical (unpaired) electrons. The molecule has 0 aliphatic carbocycles. The minimum absolute atomic E-state index is 0.0278. The van der Waals surface area contributed by atoms with Crippen LogP contribution in [0.15, 0.2) is 18.2 Å². The van der Waals surface area contributed by atoms with Gasteiger partial charge in [0.2, 0.25) is 0 Å². The van der Waals surface area contributed by atoms with Crippen LogP contribution in [0.25, 0.3) is 0 Å². The van der Waals surface area contributed by atoms with E-state index in [1.54, 1.807) is 13.0 Å². The second kappa shape index (κ2) is 3.26. The van der Waals surface area contributed by atoms with Crippen molar-refractivity contribution in [2.75, 3.05) is 0 Å². The molecule has 0 aromatic heterocycles. The van der Waals surface area contributed by atoms with Crippen LogP contribution in [0.4, 0.5) is 4.39 Å². The molecule has 0 unspecified atom stereocenters. The van der Waals surface area contributed by atoms with Crippen LogP contribution >= 0.6 is 0 Å². The van der Waals surface area contributed by atoms with E-state index >= 15 is 0 Å². The molecular weight excluding hydrogens is 157 g/mol. The van der Waals surface area contributed by atoms with Crippen molar-refractivity contribution in [3.05, 3.63) is 35.1 Å². The summed E-state index contributed by atoms with van der Waals surface area (Å²) in [6.45, 7) is 1.56. The molecular formula is C9H8FNO. The molecule has 0 saturated carbocycles. The average Bonchev–Trinajstić information content (AvgIpc) is 2.04. The van der Waals surface area contributed by atoms with Gasteiger partial charge in [0.1, 0.15) is 5.82 Å². The Bertz CT molecular complexity index is 333. The highest BCUT2D eigenvalue weighted by Gasteiger charge is 2.02. The van der Waals surface area contributed by atoms with Crippen molar-refractivity contribution in [3.8, 4) is 0 Å². The second-order valence-electron chi connectivity index (χ2n) is 2.48. The van der Waals surface area contributed by atoms with Crippen LogP contribution in [0.5, 0.6) is 0 Å². The molecule has 0 saturated heterocycles. The summed E-state index contributed by atoms with van der Waals surface area (Å²) in [6.07, 6.45) is 0.457. The van der Waals surface area contributed by atoms with E-state index in [4.69, 9.17) is 5.41 Å². The van der Waals surface area contributed by atoms with Crippen LogP contribution in [-0.2, 0) is 0 Å². The summed E-state index contributed by atoms with van der Waals surface area (Å²) in [5.41, 5.74) is 0.810. The van der Waals surface area contributed by atoms with Crippen molar-refractivity contribution in [2.45, 2.75) is 6.92 Å². The van der Waals surface area contributed by atoms with Gasteiger partial charge in [0, 0.05) is 5.71 Å². The highest BCUT2D eigenvalue weighted by Crippen LogP contribution is 2.08. The maximum atomic E-state index is 12.9. The third-order valence-electron chi connectivity index (χ3n) is 1.56. The predicted molar refractivity (Wildman–Crippen MR) is 44.3 cm³/mol. The largest absolute Gasteiger partial charge is 0.305 e. The maximum absolute atomic E-state index is 12.9. The van der Waals surface area contributed by atoms with Gasteiger partial charge in [-0.3, -0.25) is 4.79 Å². The summed E-state index contributed by atoms with van der Waals surface area (Å²) >= 11 is 0. The van der Waals surface area contributed by atoms with E-state index < -0.39 is 5.82 Å². The Labute approximate surface area is 69.5 Å². The van der Waals surface area contributed by atoms with Gasteiger partial charge in [-0.15, -0.1) is 0 Å². The first-order chi connectivity index (χ1) is 5.65. The Morgan fingerprint density at radius 2 is 2.25 bits per heavy atom. The normalized spacial score (nSPS) is 9.50. The van der Waals surface area contributed by atoms with Gasteiger partial charge in [0.25, 0.3) is 0 Å². The number of nitrogens with one attached hydrogen (secondary N) is 1. The van der Waals surface area contributed by atoms with Crippen LogP contribution in [0.3, 0.4) is 0 Å². The van der Waals surface area contributed by atoms with Crippen molar-refractivity contribution in [1.29, 1.82) is 5.41 Å². The average molecular weight is 165 g/mol. The van der Waals surface area contributed by atoms with Crippen LogP contribution in [-0.4, -0.2) is 12.0 Å². The van der Waals surface area contributed by atoms with Crippen LogP contribution in [0.2, 0.25) is 0 Å². The highest BCUT2D eigenvalue weighted by molar-refractivity contribution is 5.96. The van der Waals surface area contributed by atoms with Gasteiger partial charge >= 0.3 is 0 Å². The van der Waals surface area contributed by atoms with Crippen molar-refractivity contribution < 1.29 is 9.18 Å². The number of carbonyl (C=O) groups is 1. The predicted octanol–water partition coefficient (Wildman–Crippen LogP) is 2.03. The maximum Gasteiger partial charge on any atom is 0.152 e. The first kappa shape index (κ1) is 8.59. The van der Waals surface area contributed by atoms with Crippen molar-refractivity contribution in [1.82, 2.24) is 0 Å². The molecule has 0 spiro atoms. The molecule has 0 aliphatic rings. The number of rotatable bonds is 2. The Morgan fingerprint density at radius 3 is 2.67 bits per heavy atom. The number of hydrogen-bond acceptors (Lipinski definition) is 2. The molecule has 1 aromatic rings. The number of halogens is 1. The van der Waals surface area contributed by atoms with E-state index in [0.717, 1.165) is 0 Å². The Hall–Kier alpha value is -1.51. The molecule has 0 bridgehead atoms. The summed E-state index contributed by atoms with van der Waals surface area (Å²) in [7, 11) is 0. The lowest BCUT2D eigenvalue weighted by Gasteiger charge is -1.98.